The number of aliphatic hydroxyl groups is 1. The molecule has 1 aromatic heterocycles. The standard InChI is InChI=1S/C10H16ClN3O2S/c1-16-10-13-7-8(11)9(14-10)12-3-6-17-5-2-4-15/h7,15H,2-6H2,1H3,(H,12,13,14). The number of methoxy groups -OCH3 is 1. The molecule has 0 amide bonds. The highest BCUT2D eigenvalue weighted by Crippen LogP contribution is 2.19. The van der Waals surface area contributed by atoms with Crippen LogP contribution in [0.1, 0.15) is 6.42 Å². The Labute approximate surface area is 110 Å². The molecule has 1 aromatic rings. The largest absolute Gasteiger partial charge is 0.467 e. The second-order valence-corrected chi connectivity index (χ2v) is 4.80. The SMILES string of the molecule is COc1ncc(Cl)c(NCCSCCCO)n1. The fraction of sp³-hybridized carbons (Fsp3) is 0.600. The molecule has 2 N–H and O–H groups in total. The fourth-order valence-electron chi connectivity index (χ4n) is 1.08. The highest BCUT2D eigenvalue weighted by atomic mass is 35.5. The van der Waals surface area contributed by atoms with Crippen molar-refractivity contribution in [3.8, 4) is 6.01 Å². The molecule has 0 aliphatic rings. The summed E-state index contributed by atoms with van der Waals surface area (Å²) in [4.78, 5) is 7.99. The summed E-state index contributed by atoms with van der Waals surface area (Å²) in [5.41, 5.74) is 0. The van der Waals surface area contributed by atoms with Crippen molar-refractivity contribution in [3.63, 3.8) is 0 Å². The van der Waals surface area contributed by atoms with Gasteiger partial charge >= 0.3 is 6.01 Å². The van der Waals surface area contributed by atoms with E-state index in [9.17, 15) is 0 Å². The Bertz CT molecular complexity index is 341. The van der Waals surface area contributed by atoms with E-state index in [4.69, 9.17) is 21.4 Å². The Hall–Kier alpha value is -0.720. The third-order valence-electron chi connectivity index (χ3n) is 1.89. The summed E-state index contributed by atoms with van der Waals surface area (Å²) in [6.07, 6.45) is 2.33. The lowest BCUT2D eigenvalue weighted by molar-refractivity contribution is 0.296. The Kier molecular flexibility index (Phi) is 7.07. The first-order valence-corrected chi connectivity index (χ1v) is 6.80. The summed E-state index contributed by atoms with van der Waals surface area (Å²) >= 11 is 7.71. The van der Waals surface area contributed by atoms with Gasteiger partial charge in [-0.25, -0.2) is 4.98 Å². The number of ether oxygens (including phenoxy) is 1. The molecule has 7 heteroatoms. The molecule has 0 bridgehead atoms. The van der Waals surface area contributed by atoms with Crippen LogP contribution in [0.5, 0.6) is 6.01 Å². The monoisotopic (exact) mass is 277 g/mol. The summed E-state index contributed by atoms with van der Waals surface area (Å²) in [6.45, 7) is 1.01. The lowest BCUT2D eigenvalue weighted by Gasteiger charge is -2.07. The first-order valence-electron chi connectivity index (χ1n) is 5.27. The summed E-state index contributed by atoms with van der Waals surface area (Å²) in [5, 5.41) is 12.2. The molecule has 0 spiro atoms. The van der Waals surface area contributed by atoms with Gasteiger partial charge in [-0.05, 0) is 12.2 Å². The van der Waals surface area contributed by atoms with Crippen molar-refractivity contribution in [1.82, 2.24) is 9.97 Å². The highest BCUT2D eigenvalue weighted by molar-refractivity contribution is 7.99. The van der Waals surface area contributed by atoms with Crippen LogP contribution in [0.4, 0.5) is 5.82 Å². The summed E-state index contributed by atoms with van der Waals surface area (Å²) in [6, 6.07) is 0.296. The summed E-state index contributed by atoms with van der Waals surface area (Å²) < 4.78 is 4.92. The molecule has 0 aliphatic carbocycles. The van der Waals surface area contributed by atoms with Gasteiger partial charge in [0.05, 0.1) is 13.3 Å². The van der Waals surface area contributed by atoms with Gasteiger partial charge in [0.2, 0.25) is 0 Å². The van der Waals surface area contributed by atoms with E-state index in [1.807, 2.05) is 0 Å². The minimum Gasteiger partial charge on any atom is -0.467 e. The van der Waals surface area contributed by atoms with Crippen molar-refractivity contribution >= 4 is 29.2 Å². The van der Waals surface area contributed by atoms with E-state index in [0.717, 1.165) is 24.5 Å². The molecule has 1 rings (SSSR count). The second kappa shape index (κ2) is 8.38. The van der Waals surface area contributed by atoms with Crippen LogP contribution in [-0.2, 0) is 0 Å². The van der Waals surface area contributed by atoms with Gasteiger partial charge in [0.15, 0.2) is 5.82 Å². The van der Waals surface area contributed by atoms with Crippen molar-refractivity contribution in [2.24, 2.45) is 0 Å². The fourth-order valence-corrected chi connectivity index (χ4v) is 2.03. The molecule has 0 atom stereocenters. The van der Waals surface area contributed by atoms with Crippen molar-refractivity contribution < 1.29 is 9.84 Å². The number of nitrogens with one attached hydrogen (secondary N) is 1. The van der Waals surface area contributed by atoms with Gasteiger partial charge in [0.25, 0.3) is 0 Å². The van der Waals surface area contributed by atoms with Crippen LogP contribution < -0.4 is 10.1 Å². The van der Waals surface area contributed by atoms with E-state index in [0.29, 0.717) is 16.9 Å². The van der Waals surface area contributed by atoms with Crippen LogP contribution in [0.15, 0.2) is 6.20 Å². The lowest BCUT2D eigenvalue weighted by atomic mass is 10.5. The molecule has 1 heterocycles. The van der Waals surface area contributed by atoms with Crippen LogP contribution >= 0.6 is 23.4 Å². The van der Waals surface area contributed by atoms with Crippen LogP contribution in [0.2, 0.25) is 5.02 Å². The number of thioether (sulfide) groups is 1. The normalized spacial score (nSPS) is 10.3. The van der Waals surface area contributed by atoms with Gasteiger partial charge in [0.1, 0.15) is 5.02 Å². The Balaban J connectivity index is 2.30. The molecule has 0 fully saturated rings. The first kappa shape index (κ1) is 14.3. The average molecular weight is 278 g/mol. The zero-order chi connectivity index (χ0) is 12.5. The van der Waals surface area contributed by atoms with Crippen molar-refractivity contribution in [1.29, 1.82) is 0 Å². The second-order valence-electron chi connectivity index (χ2n) is 3.17. The minimum absolute atomic E-state index is 0.245. The minimum atomic E-state index is 0.245. The van der Waals surface area contributed by atoms with Gasteiger partial charge in [0, 0.05) is 18.9 Å². The molecule has 5 nitrogen and oxygen atoms in total. The third kappa shape index (κ3) is 5.43. The number of nitrogens with zero attached hydrogens (tertiary/aromatic N) is 2. The van der Waals surface area contributed by atoms with Gasteiger partial charge in [-0.2, -0.15) is 16.7 Å². The lowest BCUT2D eigenvalue weighted by Crippen LogP contribution is -2.08. The number of aliphatic hydroxyl groups excluding tert-OH is 1. The van der Waals surface area contributed by atoms with Crippen LogP contribution in [0.25, 0.3) is 0 Å². The van der Waals surface area contributed by atoms with Gasteiger partial charge in [-0.1, -0.05) is 11.6 Å². The molecule has 17 heavy (non-hydrogen) atoms. The van der Waals surface area contributed by atoms with Crippen molar-refractivity contribution in [2.75, 3.05) is 37.1 Å². The molecule has 0 saturated carbocycles. The zero-order valence-electron chi connectivity index (χ0n) is 9.65. The number of aromatic nitrogens is 2. The third-order valence-corrected chi connectivity index (χ3v) is 3.24. The predicted octanol–water partition coefficient (Wildman–Crippen LogP) is 1.67. The molecule has 0 unspecified atom stereocenters. The van der Waals surface area contributed by atoms with E-state index in [-0.39, 0.29) is 6.61 Å². The van der Waals surface area contributed by atoms with Crippen LogP contribution in [0.3, 0.4) is 0 Å². The van der Waals surface area contributed by atoms with Crippen LogP contribution in [0, 0.1) is 0 Å². The quantitative estimate of drug-likeness (QED) is 0.705. The average Bonchev–Trinajstić information content (AvgIpc) is 2.35. The first-order chi connectivity index (χ1) is 8.27. The molecular weight excluding hydrogens is 262 g/mol. The van der Waals surface area contributed by atoms with Crippen molar-refractivity contribution in [3.05, 3.63) is 11.2 Å². The smallest absolute Gasteiger partial charge is 0.318 e. The number of rotatable bonds is 8. The Morgan fingerprint density at radius 2 is 2.35 bits per heavy atom. The number of anilines is 1. The maximum absolute atomic E-state index is 8.62. The van der Waals surface area contributed by atoms with E-state index in [2.05, 4.69) is 15.3 Å². The van der Waals surface area contributed by atoms with E-state index in [1.54, 1.807) is 11.8 Å². The number of hydrogen-bond acceptors (Lipinski definition) is 6. The van der Waals surface area contributed by atoms with E-state index < -0.39 is 0 Å². The molecular formula is C10H16ClN3O2S. The van der Waals surface area contributed by atoms with E-state index >= 15 is 0 Å². The molecule has 0 aromatic carbocycles. The predicted molar refractivity (Wildman–Crippen MR) is 71.1 cm³/mol. The molecule has 0 aliphatic heterocycles. The van der Waals surface area contributed by atoms with E-state index in [1.165, 1.54) is 13.3 Å². The van der Waals surface area contributed by atoms with Gasteiger partial charge in [-0.3, -0.25) is 0 Å². The molecule has 0 radical (unpaired) electrons. The number of hydrogen-bond donors (Lipinski definition) is 2. The van der Waals surface area contributed by atoms with Gasteiger partial charge < -0.3 is 15.2 Å². The Morgan fingerprint density at radius 3 is 3.06 bits per heavy atom. The summed E-state index contributed by atoms with van der Waals surface area (Å²) in [7, 11) is 1.51. The summed E-state index contributed by atoms with van der Waals surface area (Å²) in [5.74, 6) is 2.48. The maximum atomic E-state index is 8.62. The maximum Gasteiger partial charge on any atom is 0.318 e. The zero-order valence-corrected chi connectivity index (χ0v) is 11.2. The topological polar surface area (TPSA) is 67.3 Å². The molecule has 96 valence electrons. The van der Waals surface area contributed by atoms with Crippen molar-refractivity contribution in [2.45, 2.75) is 6.42 Å². The van der Waals surface area contributed by atoms with Crippen LogP contribution in [-0.4, -0.2) is 46.8 Å². The Morgan fingerprint density at radius 1 is 1.53 bits per heavy atom. The molecule has 0 saturated heterocycles. The highest BCUT2D eigenvalue weighted by Gasteiger charge is 2.04. The van der Waals surface area contributed by atoms with Gasteiger partial charge in [-0.15, -0.1) is 0 Å². The number of halogens is 1.